The quantitative estimate of drug-likeness (QED) is 0.829. The zero-order valence-corrected chi connectivity index (χ0v) is 12.8. The molecule has 2 atom stereocenters. The zero-order valence-electron chi connectivity index (χ0n) is 12.8. The van der Waals surface area contributed by atoms with Crippen LogP contribution in [0.3, 0.4) is 0 Å². The third kappa shape index (κ3) is 3.01. The fourth-order valence-electron chi connectivity index (χ4n) is 2.77. The van der Waals surface area contributed by atoms with Gasteiger partial charge in [0, 0.05) is 12.6 Å². The Hall–Kier alpha value is -2.05. The number of carbonyl (C=O) groups excluding carboxylic acids is 2. The Labute approximate surface area is 124 Å². The lowest BCUT2D eigenvalue weighted by Gasteiger charge is -2.37. The van der Waals surface area contributed by atoms with Gasteiger partial charge in [0.25, 0.3) is 0 Å². The van der Waals surface area contributed by atoms with Crippen LogP contribution in [0.25, 0.3) is 0 Å². The van der Waals surface area contributed by atoms with E-state index in [0.717, 1.165) is 24.2 Å². The number of carbonyl (C=O) groups is 2. The van der Waals surface area contributed by atoms with Crippen molar-refractivity contribution in [1.29, 1.82) is 0 Å². The highest BCUT2D eigenvalue weighted by atomic mass is 16.2. The molecule has 1 aliphatic heterocycles. The van der Waals surface area contributed by atoms with E-state index in [1.807, 2.05) is 20.8 Å². The molecule has 0 aliphatic carbocycles. The summed E-state index contributed by atoms with van der Waals surface area (Å²) in [6.45, 7) is 6.18. The maximum absolute atomic E-state index is 12.5. The predicted octanol–water partition coefficient (Wildman–Crippen LogP) is 0.195. The largest absolute Gasteiger partial charge is 0.396 e. The number of anilines is 1. The van der Waals surface area contributed by atoms with Gasteiger partial charge >= 0.3 is 0 Å². The molecular weight excluding hydrogens is 270 g/mol. The van der Waals surface area contributed by atoms with Gasteiger partial charge in [-0.25, -0.2) is 0 Å². The molecule has 0 spiro atoms. The van der Waals surface area contributed by atoms with E-state index in [1.54, 1.807) is 9.58 Å². The van der Waals surface area contributed by atoms with Gasteiger partial charge in [0.15, 0.2) is 0 Å². The number of piperidine rings is 1. The van der Waals surface area contributed by atoms with Crippen LogP contribution in [-0.2, 0) is 16.1 Å². The maximum atomic E-state index is 12.5. The van der Waals surface area contributed by atoms with E-state index in [9.17, 15) is 9.59 Å². The number of hydrogen-bond acceptors (Lipinski definition) is 4. The highest BCUT2D eigenvalue weighted by molar-refractivity contribution is 5.80. The smallest absolute Gasteiger partial charge is 0.244 e. The number of rotatable bonds is 3. The Bertz CT molecular complexity index is 566. The molecule has 2 unspecified atom stereocenters. The summed E-state index contributed by atoms with van der Waals surface area (Å²) in [7, 11) is 0. The summed E-state index contributed by atoms with van der Waals surface area (Å²) in [5.41, 5.74) is 13.4. The number of nitrogens with two attached hydrogens (primary N) is 2. The Kier molecular flexibility index (Phi) is 4.20. The summed E-state index contributed by atoms with van der Waals surface area (Å²) in [6, 6.07) is 0.113. The second-order valence-corrected chi connectivity index (χ2v) is 5.81. The number of aryl methyl sites for hydroxylation is 1. The molecule has 7 nitrogen and oxygen atoms in total. The molecule has 2 rings (SSSR count). The van der Waals surface area contributed by atoms with Gasteiger partial charge in [-0.1, -0.05) is 0 Å². The third-order valence-corrected chi connectivity index (χ3v) is 4.33. The van der Waals surface area contributed by atoms with Gasteiger partial charge in [0.05, 0.1) is 23.0 Å². The first-order valence-corrected chi connectivity index (χ1v) is 7.19. The molecule has 2 heterocycles. The molecule has 0 aromatic carbocycles. The molecule has 0 saturated carbocycles. The van der Waals surface area contributed by atoms with Gasteiger partial charge in [0.2, 0.25) is 11.8 Å². The molecule has 0 bridgehead atoms. The number of primary amides is 1. The minimum absolute atomic E-state index is 0.0564. The fraction of sp³-hybridized carbons (Fsp3) is 0.643. The number of amides is 2. The highest BCUT2D eigenvalue weighted by Crippen LogP contribution is 2.22. The summed E-state index contributed by atoms with van der Waals surface area (Å²) in [5.74, 6) is -0.648. The number of aromatic nitrogens is 2. The Morgan fingerprint density at radius 3 is 2.52 bits per heavy atom. The van der Waals surface area contributed by atoms with E-state index in [-0.39, 0.29) is 30.3 Å². The molecule has 7 heteroatoms. The van der Waals surface area contributed by atoms with Crippen molar-refractivity contribution in [2.75, 3.05) is 12.3 Å². The number of nitrogen functional groups attached to an aromatic ring is 1. The van der Waals surface area contributed by atoms with Crippen LogP contribution in [0.4, 0.5) is 5.69 Å². The number of nitrogens with zero attached hydrogens (tertiary/aromatic N) is 3. The van der Waals surface area contributed by atoms with Crippen molar-refractivity contribution in [3.63, 3.8) is 0 Å². The minimum atomic E-state index is -0.338. The normalized spacial score (nSPS) is 22.3. The Morgan fingerprint density at radius 1 is 1.33 bits per heavy atom. The van der Waals surface area contributed by atoms with E-state index in [4.69, 9.17) is 11.5 Å². The monoisotopic (exact) mass is 293 g/mol. The molecule has 0 radical (unpaired) electrons. The van der Waals surface area contributed by atoms with Crippen LogP contribution >= 0.6 is 0 Å². The zero-order chi connectivity index (χ0) is 15.7. The minimum Gasteiger partial charge on any atom is -0.396 e. The maximum Gasteiger partial charge on any atom is 0.244 e. The SMILES string of the molecule is Cc1nn(CC(=O)N2CC(C(N)=O)CCC2C)c(C)c1N. The summed E-state index contributed by atoms with van der Waals surface area (Å²) in [4.78, 5) is 25.6. The van der Waals surface area contributed by atoms with Crippen molar-refractivity contribution >= 4 is 17.5 Å². The average Bonchev–Trinajstić information content (AvgIpc) is 2.66. The molecule has 1 fully saturated rings. The van der Waals surface area contributed by atoms with Gasteiger partial charge in [-0.05, 0) is 33.6 Å². The molecule has 1 saturated heterocycles. The molecule has 21 heavy (non-hydrogen) atoms. The van der Waals surface area contributed by atoms with E-state index in [0.29, 0.717) is 12.2 Å². The van der Waals surface area contributed by atoms with Gasteiger partial charge in [0.1, 0.15) is 6.54 Å². The molecule has 1 aromatic heterocycles. The van der Waals surface area contributed by atoms with Crippen LogP contribution in [0.15, 0.2) is 0 Å². The summed E-state index contributed by atoms with van der Waals surface area (Å²) >= 11 is 0. The van der Waals surface area contributed by atoms with E-state index >= 15 is 0 Å². The average molecular weight is 293 g/mol. The van der Waals surface area contributed by atoms with Gasteiger partial charge in [-0.3, -0.25) is 14.3 Å². The van der Waals surface area contributed by atoms with Gasteiger partial charge in [-0.2, -0.15) is 5.10 Å². The van der Waals surface area contributed by atoms with Gasteiger partial charge in [-0.15, -0.1) is 0 Å². The van der Waals surface area contributed by atoms with Crippen molar-refractivity contribution < 1.29 is 9.59 Å². The van der Waals surface area contributed by atoms with Crippen LogP contribution < -0.4 is 11.5 Å². The third-order valence-electron chi connectivity index (χ3n) is 4.33. The van der Waals surface area contributed by atoms with Crippen LogP contribution in [0.2, 0.25) is 0 Å². The van der Waals surface area contributed by atoms with Crippen LogP contribution in [0.1, 0.15) is 31.2 Å². The first-order valence-electron chi connectivity index (χ1n) is 7.19. The van der Waals surface area contributed by atoms with Crippen LogP contribution in [0.5, 0.6) is 0 Å². The summed E-state index contributed by atoms with van der Waals surface area (Å²) < 4.78 is 1.62. The summed E-state index contributed by atoms with van der Waals surface area (Å²) in [6.07, 6.45) is 1.53. The van der Waals surface area contributed by atoms with Gasteiger partial charge < -0.3 is 16.4 Å². The predicted molar refractivity (Wildman–Crippen MR) is 79.2 cm³/mol. The van der Waals surface area contributed by atoms with Crippen LogP contribution in [-0.4, -0.2) is 39.1 Å². The van der Waals surface area contributed by atoms with E-state index in [2.05, 4.69) is 5.10 Å². The molecule has 2 amide bonds. The van der Waals surface area contributed by atoms with Crippen molar-refractivity contribution in [3.05, 3.63) is 11.4 Å². The van der Waals surface area contributed by atoms with Crippen molar-refractivity contribution in [2.24, 2.45) is 11.7 Å². The number of hydrogen-bond donors (Lipinski definition) is 2. The molecule has 4 N–H and O–H groups in total. The lowest BCUT2D eigenvalue weighted by atomic mass is 9.93. The first-order chi connectivity index (χ1) is 9.81. The molecule has 116 valence electrons. The topological polar surface area (TPSA) is 107 Å². The molecule has 1 aromatic rings. The van der Waals surface area contributed by atoms with E-state index < -0.39 is 0 Å². The summed E-state index contributed by atoms with van der Waals surface area (Å²) in [5, 5.41) is 4.28. The van der Waals surface area contributed by atoms with E-state index in [1.165, 1.54) is 0 Å². The Balaban J connectivity index is 2.11. The lowest BCUT2D eigenvalue weighted by Crippen LogP contribution is -2.49. The van der Waals surface area contributed by atoms with Crippen molar-refractivity contribution in [1.82, 2.24) is 14.7 Å². The van der Waals surface area contributed by atoms with Crippen LogP contribution in [0, 0.1) is 19.8 Å². The van der Waals surface area contributed by atoms with Crippen molar-refractivity contribution in [2.45, 2.75) is 46.2 Å². The molecule has 1 aliphatic rings. The second-order valence-electron chi connectivity index (χ2n) is 5.81. The second kappa shape index (κ2) is 5.75. The van der Waals surface area contributed by atoms with Crippen molar-refractivity contribution in [3.8, 4) is 0 Å². The lowest BCUT2D eigenvalue weighted by molar-refractivity contribution is -0.138. The number of likely N-dealkylation sites (tertiary alicyclic amines) is 1. The Morgan fingerprint density at radius 2 is 2.00 bits per heavy atom. The standard InChI is InChI=1S/C14H23N5O2/c1-8-4-5-11(14(16)21)6-18(8)12(20)7-19-10(3)13(15)9(2)17-19/h8,11H,4-7,15H2,1-3H3,(H2,16,21). The molecular formula is C14H23N5O2. The first kappa shape index (κ1) is 15.3. The highest BCUT2D eigenvalue weighted by Gasteiger charge is 2.31. The fourth-order valence-corrected chi connectivity index (χ4v) is 2.77.